The molecule has 2 aliphatic carbocycles. The zero-order valence-electron chi connectivity index (χ0n) is 14.0. The molecule has 0 aromatic rings. The predicted octanol–water partition coefficient (Wildman–Crippen LogP) is 5.70. The van der Waals surface area contributed by atoms with Crippen molar-refractivity contribution >= 4 is 3.81 Å². The molecule has 20 heavy (non-hydrogen) atoms. The molecule has 1 heteroatoms. The van der Waals surface area contributed by atoms with Gasteiger partial charge in [0.15, 0.2) is 0 Å². The average Bonchev–Trinajstić information content (AvgIpc) is 2.97. The fourth-order valence-corrected chi connectivity index (χ4v) is 1.99. The third kappa shape index (κ3) is 8.66. The van der Waals surface area contributed by atoms with Crippen LogP contribution < -0.4 is 0 Å². The van der Waals surface area contributed by atoms with Crippen LogP contribution in [0.15, 0.2) is 34.4 Å². The van der Waals surface area contributed by atoms with Crippen LogP contribution in [-0.2, 0) is 20.0 Å². The minimum absolute atomic E-state index is 1.04. The van der Waals surface area contributed by atoms with Crippen molar-refractivity contribution in [1.82, 2.24) is 0 Å². The van der Waals surface area contributed by atoms with Gasteiger partial charge in [0.25, 0.3) is 0 Å². The van der Waals surface area contributed by atoms with Gasteiger partial charge in [-0.3, -0.25) is 12.2 Å². The Labute approximate surface area is 137 Å². The number of rotatable bonds is 2. The first-order valence-electron chi connectivity index (χ1n) is 7.47. The molecule has 0 aliphatic heterocycles. The summed E-state index contributed by atoms with van der Waals surface area (Å²) in [6, 6.07) is 0. The van der Waals surface area contributed by atoms with Gasteiger partial charge in [-0.05, 0) is 0 Å². The van der Waals surface area contributed by atoms with Crippen molar-refractivity contribution in [3.05, 3.63) is 46.6 Å². The third-order valence-corrected chi connectivity index (χ3v) is 3.11. The molecule has 0 unspecified atom stereocenters. The summed E-state index contributed by atoms with van der Waals surface area (Å²) in [6.07, 6.45) is 15.4. The van der Waals surface area contributed by atoms with Crippen molar-refractivity contribution in [2.24, 2.45) is 0 Å². The second-order valence-corrected chi connectivity index (χ2v) is 6.76. The summed E-state index contributed by atoms with van der Waals surface area (Å²) >= 11 is 2.08. The Hall–Kier alpha value is -0.456. The second-order valence-electron chi connectivity index (χ2n) is 5.20. The molecule has 0 fully saturated rings. The van der Waals surface area contributed by atoms with E-state index in [1.807, 2.05) is 0 Å². The van der Waals surface area contributed by atoms with Gasteiger partial charge in [0.2, 0.25) is 0 Å². The van der Waals surface area contributed by atoms with Crippen LogP contribution in [0.2, 0.25) is 0 Å². The Balaban J connectivity index is 0.000000289. The summed E-state index contributed by atoms with van der Waals surface area (Å²) < 4.78 is 1.42. The number of hydrogen-bond acceptors (Lipinski definition) is 0. The normalized spacial score (nSPS) is 16.0. The van der Waals surface area contributed by atoms with Gasteiger partial charge in [0.1, 0.15) is 0 Å². The molecule has 0 heterocycles. The van der Waals surface area contributed by atoms with Crippen molar-refractivity contribution in [3.8, 4) is 0 Å². The van der Waals surface area contributed by atoms with Gasteiger partial charge >= 0.3 is 37.6 Å². The minimum atomic E-state index is 1.04. The van der Waals surface area contributed by atoms with Gasteiger partial charge in [-0.15, -0.1) is 26.7 Å². The van der Waals surface area contributed by atoms with Crippen LogP contribution in [-0.4, -0.2) is 3.81 Å². The fourth-order valence-electron chi connectivity index (χ4n) is 1.99. The molecule has 0 N–H and O–H groups in total. The molecule has 0 nitrogen and oxygen atoms in total. The summed E-state index contributed by atoms with van der Waals surface area (Å²) in [5.41, 5.74) is 5.66. The van der Waals surface area contributed by atoms with Crippen molar-refractivity contribution in [3.63, 3.8) is 0 Å². The molecule has 0 saturated carbocycles. The van der Waals surface area contributed by atoms with Crippen LogP contribution in [0.25, 0.3) is 0 Å². The topological polar surface area (TPSA) is 0 Å². The van der Waals surface area contributed by atoms with Crippen molar-refractivity contribution in [2.45, 2.75) is 67.2 Å². The average molecular weight is 304 g/mol. The van der Waals surface area contributed by atoms with Gasteiger partial charge in [0.05, 0.1) is 0 Å². The maximum atomic E-state index is 3.28. The third-order valence-electron chi connectivity index (χ3n) is 3.11. The number of allylic oxidation sites excluding steroid dienone is 8. The Kier molecular flexibility index (Phi) is 11.0. The first-order valence-corrected chi connectivity index (χ1v) is 8.25. The maximum absolute atomic E-state index is 3.28. The van der Waals surface area contributed by atoms with E-state index in [1.54, 1.807) is 0 Å². The molecule has 0 saturated heterocycles. The fraction of sp³-hybridized carbons (Fsp3) is 0.526. The molecule has 0 spiro atoms. The molecule has 2 rings (SSSR count). The first kappa shape index (κ1) is 19.5. The van der Waals surface area contributed by atoms with Crippen LogP contribution in [0.5, 0.6) is 0 Å². The zero-order valence-corrected chi connectivity index (χ0v) is 15.5. The van der Waals surface area contributed by atoms with Gasteiger partial charge in [-0.1, -0.05) is 26.7 Å². The van der Waals surface area contributed by atoms with E-state index in [0.29, 0.717) is 0 Å². The first-order chi connectivity index (χ1) is 9.42. The Morgan fingerprint density at radius 2 is 1.25 bits per heavy atom. The molecule has 0 amide bonds. The second kappa shape index (κ2) is 11.2. The van der Waals surface area contributed by atoms with E-state index in [4.69, 9.17) is 0 Å². The van der Waals surface area contributed by atoms with E-state index >= 15 is 0 Å². The molecule has 0 aromatic carbocycles. The molecule has 0 aromatic heterocycles. The van der Waals surface area contributed by atoms with Crippen molar-refractivity contribution < 1.29 is 20.0 Å². The van der Waals surface area contributed by atoms with E-state index in [9.17, 15) is 0 Å². The molecule has 0 bridgehead atoms. The molecule has 0 radical (unpaired) electrons. The standard InChI is InChI=1S/2C8H11.C3H6.Ti/c2*1-3-8-6-4-5-7(8)2;1-3-2;/h2*5H,3-4H2,1-2H3;1-2H3;/q2*-1;;+2. The molecular weight excluding hydrogens is 276 g/mol. The Bertz CT molecular complexity index is 391. The van der Waals surface area contributed by atoms with Gasteiger partial charge in [-0.25, -0.2) is 22.3 Å². The van der Waals surface area contributed by atoms with Crippen LogP contribution in [0, 0.1) is 12.2 Å². The number of hydrogen-bond donors (Lipinski definition) is 0. The van der Waals surface area contributed by atoms with Crippen LogP contribution in [0.4, 0.5) is 0 Å². The predicted molar refractivity (Wildman–Crippen MR) is 87.2 cm³/mol. The molecular formula is C19H28Ti. The summed E-state index contributed by atoms with van der Waals surface area (Å²) in [4.78, 5) is 0. The Morgan fingerprint density at radius 1 is 0.950 bits per heavy atom. The van der Waals surface area contributed by atoms with Crippen LogP contribution in [0.1, 0.15) is 67.2 Å². The van der Waals surface area contributed by atoms with E-state index in [-0.39, 0.29) is 0 Å². The molecule has 2 aliphatic rings. The molecule has 0 atom stereocenters. The quantitative estimate of drug-likeness (QED) is 0.453. The SMILES string of the molecule is CCC1=[C-]CC=C1C.CCC1=[C-]CC=C1C.C[C](C)=[Ti+2]. The van der Waals surface area contributed by atoms with Crippen LogP contribution >= 0.6 is 0 Å². The van der Waals surface area contributed by atoms with Crippen molar-refractivity contribution in [2.75, 3.05) is 0 Å². The van der Waals surface area contributed by atoms with Crippen molar-refractivity contribution in [1.29, 1.82) is 0 Å². The van der Waals surface area contributed by atoms with Gasteiger partial charge < -0.3 is 0 Å². The monoisotopic (exact) mass is 304 g/mol. The summed E-state index contributed by atoms with van der Waals surface area (Å²) in [6.45, 7) is 12.8. The molecule has 108 valence electrons. The van der Waals surface area contributed by atoms with E-state index < -0.39 is 0 Å². The van der Waals surface area contributed by atoms with E-state index in [2.05, 4.69) is 85.8 Å². The van der Waals surface area contributed by atoms with Gasteiger partial charge in [0, 0.05) is 0 Å². The summed E-state index contributed by atoms with van der Waals surface area (Å²) in [7, 11) is 0. The summed E-state index contributed by atoms with van der Waals surface area (Å²) in [5, 5.41) is 0. The van der Waals surface area contributed by atoms with Gasteiger partial charge in [-0.2, -0.15) is 12.2 Å². The van der Waals surface area contributed by atoms with Crippen LogP contribution in [0.3, 0.4) is 0 Å². The Morgan fingerprint density at radius 3 is 1.35 bits per heavy atom. The van der Waals surface area contributed by atoms with E-state index in [0.717, 1.165) is 25.7 Å². The summed E-state index contributed by atoms with van der Waals surface area (Å²) in [5.74, 6) is 0. The van der Waals surface area contributed by atoms with E-state index in [1.165, 1.54) is 26.1 Å². The zero-order chi connectivity index (χ0) is 15.5.